The predicted molar refractivity (Wildman–Crippen MR) is 220 cm³/mol. The number of unbranched alkanes of at least 4 members (excludes halogenated alkanes) is 2. The summed E-state index contributed by atoms with van der Waals surface area (Å²) in [4.78, 5) is 56.9. The summed E-state index contributed by atoms with van der Waals surface area (Å²) in [5, 5.41) is 2.66. The predicted octanol–water partition coefficient (Wildman–Crippen LogP) is 7.53. The summed E-state index contributed by atoms with van der Waals surface area (Å²) in [5.74, 6) is -1.46. The molecule has 12 nitrogen and oxygen atoms in total. The fourth-order valence-corrected chi connectivity index (χ4v) is 7.50. The summed E-state index contributed by atoms with van der Waals surface area (Å²) in [6.07, 6.45) is 4.95. The number of hydrogen-bond donors (Lipinski definition) is 1. The SMILES string of the molecule is CCCCCc1ccc(C2=C/C(=C/N(C=O)C3CC(OC(=O)CCl)C(COC(=O)C(NC(=O)OCC4c5ccccc5-c5ccccc54)C(C)C)O3)C(=NC)O2)cc1. The van der Waals surface area contributed by atoms with Crippen LogP contribution in [0.3, 0.4) is 0 Å². The lowest BCUT2D eigenvalue weighted by Crippen LogP contribution is -2.46. The van der Waals surface area contributed by atoms with E-state index in [2.05, 4.69) is 29.4 Å². The molecule has 1 N–H and O–H groups in total. The van der Waals surface area contributed by atoms with E-state index < -0.39 is 48.4 Å². The highest BCUT2D eigenvalue weighted by molar-refractivity contribution is 6.26. The number of amides is 2. The van der Waals surface area contributed by atoms with Gasteiger partial charge in [0.05, 0.1) is 5.57 Å². The van der Waals surface area contributed by atoms with Crippen molar-refractivity contribution in [3.8, 4) is 11.1 Å². The van der Waals surface area contributed by atoms with Crippen LogP contribution in [0.25, 0.3) is 16.9 Å². The first-order valence-corrected chi connectivity index (χ1v) is 20.3. The number of carbonyl (C=O) groups excluding carboxylic acids is 4. The van der Waals surface area contributed by atoms with Crippen LogP contribution in [0.5, 0.6) is 0 Å². The number of aryl methyl sites for hydroxylation is 1. The second-order valence-electron chi connectivity index (χ2n) is 14.8. The molecule has 0 spiro atoms. The number of alkyl carbamates (subject to hydrolysis) is 1. The molecule has 1 saturated heterocycles. The Morgan fingerprint density at radius 2 is 1.66 bits per heavy atom. The van der Waals surface area contributed by atoms with E-state index in [1.165, 1.54) is 16.9 Å². The normalized spacial score (nSPS) is 20.2. The molecule has 0 saturated carbocycles. The van der Waals surface area contributed by atoms with Gasteiger partial charge < -0.3 is 29.0 Å². The molecule has 1 fully saturated rings. The summed E-state index contributed by atoms with van der Waals surface area (Å²) >= 11 is 5.76. The number of ether oxygens (including phenoxy) is 5. The Morgan fingerprint density at radius 1 is 0.966 bits per heavy atom. The monoisotopic (exact) mass is 811 g/mol. The largest absolute Gasteiger partial charge is 0.461 e. The summed E-state index contributed by atoms with van der Waals surface area (Å²) in [6.45, 7) is 5.46. The Labute approximate surface area is 344 Å². The topological polar surface area (TPSA) is 142 Å². The van der Waals surface area contributed by atoms with Gasteiger partial charge in [-0.15, -0.1) is 11.6 Å². The second-order valence-corrected chi connectivity index (χ2v) is 15.0. The van der Waals surface area contributed by atoms with E-state index in [9.17, 15) is 19.2 Å². The highest BCUT2D eigenvalue weighted by Gasteiger charge is 2.42. The average molecular weight is 812 g/mol. The molecule has 2 aliphatic heterocycles. The van der Waals surface area contributed by atoms with Gasteiger partial charge in [0.25, 0.3) is 0 Å². The van der Waals surface area contributed by atoms with Crippen LogP contribution in [0.2, 0.25) is 0 Å². The van der Waals surface area contributed by atoms with Crippen LogP contribution in [0.4, 0.5) is 4.79 Å². The van der Waals surface area contributed by atoms with Gasteiger partial charge in [-0.1, -0.05) is 106 Å². The van der Waals surface area contributed by atoms with Gasteiger partial charge in [-0.05, 0) is 52.7 Å². The second kappa shape index (κ2) is 19.8. The van der Waals surface area contributed by atoms with Gasteiger partial charge in [-0.2, -0.15) is 0 Å². The third kappa shape index (κ3) is 9.97. The van der Waals surface area contributed by atoms with Gasteiger partial charge in [0.2, 0.25) is 12.3 Å². The summed E-state index contributed by atoms with van der Waals surface area (Å²) in [5.41, 5.74) is 6.97. The molecule has 4 atom stereocenters. The Balaban J connectivity index is 1.08. The molecular weight excluding hydrogens is 762 g/mol. The lowest BCUT2D eigenvalue weighted by molar-refractivity contribution is -0.160. The first kappa shape index (κ1) is 42.2. The Morgan fingerprint density at radius 3 is 2.28 bits per heavy atom. The van der Waals surface area contributed by atoms with E-state index in [0.29, 0.717) is 23.6 Å². The molecule has 306 valence electrons. The highest BCUT2D eigenvalue weighted by atomic mass is 35.5. The van der Waals surface area contributed by atoms with E-state index >= 15 is 0 Å². The maximum atomic E-state index is 13.5. The third-order valence-electron chi connectivity index (χ3n) is 10.5. The molecule has 13 heteroatoms. The van der Waals surface area contributed by atoms with Crippen molar-refractivity contribution in [3.05, 3.63) is 113 Å². The van der Waals surface area contributed by atoms with Crippen molar-refractivity contribution in [2.24, 2.45) is 10.9 Å². The lowest BCUT2D eigenvalue weighted by atomic mass is 9.98. The van der Waals surface area contributed by atoms with Gasteiger partial charge in [-0.25, -0.2) is 9.59 Å². The van der Waals surface area contributed by atoms with E-state index in [-0.39, 0.29) is 31.5 Å². The zero-order valence-corrected chi connectivity index (χ0v) is 34.0. The number of rotatable bonds is 17. The molecule has 3 aliphatic rings. The zero-order valence-electron chi connectivity index (χ0n) is 33.2. The molecular formula is C45H50ClN3O9. The molecule has 6 rings (SSSR count). The number of carbonyl (C=O) groups is 4. The molecule has 0 bridgehead atoms. The van der Waals surface area contributed by atoms with Crippen molar-refractivity contribution in [1.29, 1.82) is 0 Å². The standard InChI is InChI=1S/C45H50ClN3O9/c1-5-6-7-12-29-17-19-30(20-18-29)37-21-31(43(47-4)58-37)24-49(27-50)40-22-38(57-41(51)23-46)39(56-40)26-54-44(52)42(28(2)3)48-45(53)55-25-36-34-15-10-8-13-32(34)33-14-9-11-16-35(33)36/h8-11,13-21,24,27-28,36,38-40,42H,5-7,12,22-23,25-26H2,1-4H3,(H,48,53)/b31-24-,47-43?. The quantitative estimate of drug-likeness (QED) is 0.0481. The highest BCUT2D eigenvalue weighted by Crippen LogP contribution is 2.44. The number of nitrogens with one attached hydrogen (secondary N) is 1. The van der Waals surface area contributed by atoms with Crippen LogP contribution in [-0.4, -0.2) is 85.9 Å². The Bertz CT molecular complexity index is 2000. The molecule has 3 aromatic carbocycles. The molecule has 58 heavy (non-hydrogen) atoms. The van der Waals surface area contributed by atoms with Gasteiger partial charge >= 0.3 is 18.0 Å². The van der Waals surface area contributed by atoms with Crippen LogP contribution in [0.1, 0.15) is 74.6 Å². The third-order valence-corrected chi connectivity index (χ3v) is 10.7. The van der Waals surface area contributed by atoms with E-state index in [4.69, 9.17) is 35.3 Å². The van der Waals surface area contributed by atoms with Gasteiger partial charge in [0, 0.05) is 31.1 Å². The van der Waals surface area contributed by atoms with Gasteiger partial charge in [0.1, 0.15) is 49.3 Å². The van der Waals surface area contributed by atoms with Crippen molar-refractivity contribution < 1.29 is 42.9 Å². The fraction of sp³-hybridized carbons (Fsp3) is 0.400. The Kier molecular flexibility index (Phi) is 14.4. The average Bonchev–Trinajstić information content (AvgIpc) is 3.93. The lowest BCUT2D eigenvalue weighted by Gasteiger charge is -2.24. The van der Waals surface area contributed by atoms with Crippen molar-refractivity contribution in [2.75, 3.05) is 26.1 Å². The molecule has 0 aromatic heterocycles. The van der Waals surface area contributed by atoms with Crippen molar-refractivity contribution in [2.45, 2.75) is 83.3 Å². The number of alkyl halides is 1. The molecule has 4 unspecified atom stereocenters. The maximum Gasteiger partial charge on any atom is 0.407 e. The number of esters is 2. The number of aliphatic imine (C=N–C) groups is 1. The minimum atomic E-state index is -1.06. The van der Waals surface area contributed by atoms with E-state index in [1.807, 2.05) is 60.7 Å². The minimum Gasteiger partial charge on any atom is -0.461 e. The number of benzene rings is 3. The van der Waals surface area contributed by atoms with Gasteiger partial charge in [-0.3, -0.25) is 19.5 Å². The Hall–Kier alpha value is -5.46. The number of nitrogens with zero attached hydrogens (tertiary/aromatic N) is 2. The molecule has 3 aromatic rings. The van der Waals surface area contributed by atoms with E-state index in [1.54, 1.807) is 33.2 Å². The molecule has 0 radical (unpaired) electrons. The smallest absolute Gasteiger partial charge is 0.407 e. The van der Waals surface area contributed by atoms with Crippen LogP contribution in [0, 0.1) is 5.92 Å². The van der Waals surface area contributed by atoms with Crippen LogP contribution in [0.15, 0.2) is 95.6 Å². The van der Waals surface area contributed by atoms with Crippen LogP contribution < -0.4 is 5.32 Å². The van der Waals surface area contributed by atoms with Crippen molar-refractivity contribution in [3.63, 3.8) is 0 Å². The number of halogens is 1. The van der Waals surface area contributed by atoms with Crippen LogP contribution >= 0.6 is 11.6 Å². The number of fused-ring (bicyclic) bond motifs is 3. The fourth-order valence-electron chi connectivity index (χ4n) is 7.44. The summed E-state index contributed by atoms with van der Waals surface area (Å²) in [6, 6.07) is 23.1. The molecule has 1 aliphatic carbocycles. The summed E-state index contributed by atoms with van der Waals surface area (Å²) in [7, 11) is 1.59. The summed E-state index contributed by atoms with van der Waals surface area (Å²) < 4.78 is 29.1. The van der Waals surface area contributed by atoms with Crippen molar-refractivity contribution >= 4 is 47.7 Å². The van der Waals surface area contributed by atoms with Gasteiger partial charge in [0.15, 0.2) is 0 Å². The van der Waals surface area contributed by atoms with E-state index in [0.717, 1.165) is 47.1 Å². The minimum absolute atomic E-state index is 0.0640. The first-order chi connectivity index (χ1) is 28.1. The van der Waals surface area contributed by atoms with Crippen molar-refractivity contribution in [1.82, 2.24) is 10.2 Å². The molecule has 2 amide bonds. The first-order valence-electron chi connectivity index (χ1n) is 19.7. The maximum absolute atomic E-state index is 13.5. The molecule has 2 heterocycles. The number of hydrogen-bond acceptors (Lipinski definition) is 10. The van der Waals surface area contributed by atoms with Crippen LogP contribution in [-0.2, 0) is 44.5 Å². The zero-order chi connectivity index (χ0) is 41.2.